The van der Waals surface area contributed by atoms with E-state index in [-0.39, 0.29) is 11.8 Å². The SMILES string of the molecule is NC(CC1CCNCC1)C(=O)c1nccs1. The highest BCUT2D eigenvalue weighted by Gasteiger charge is 2.23. The molecule has 0 saturated carbocycles. The lowest BCUT2D eigenvalue weighted by Crippen LogP contribution is -2.36. The zero-order valence-electron chi connectivity index (χ0n) is 9.19. The first kappa shape index (κ1) is 11.7. The molecule has 0 aromatic carbocycles. The molecule has 0 radical (unpaired) electrons. The van der Waals surface area contributed by atoms with E-state index in [1.807, 2.05) is 5.38 Å². The predicted molar refractivity (Wildman–Crippen MR) is 64.6 cm³/mol. The van der Waals surface area contributed by atoms with Gasteiger partial charge in [-0.05, 0) is 38.3 Å². The summed E-state index contributed by atoms with van der Waals surface area (Å²) in [6.07, 6.45) is 4.69. The van der Waals surface area contributed by atoms with Crippen molar-refractivity contribution in [2.24, 2.45) is 11.7 Å². The number of Topliss-reactive ketones (excluding diaryl/α,β-unsaturated/α-hetero) is 1. The number of nitrogens with two attached hydrogens (primary N) is 1. The van der Waals surface area contributed by atoms with Gasteiger partial charge in [-0.2, -0.15) is 0 Å². The molecule has 1 aromatic heterocycles. The number of rotatable bonds is 4. The van der Waals surface area contributed by atoms with Crippen molar-refractivity contribution in [1.29, 1.82) is 0 Å². The first-order valence-electron chi connectivity index (χ1n) is 5.67. The van der Waals surface area contributed by atoms with Gasteiger partial charge in [0.25, 0.3) is 0 Å². The van der Waals surface area contributed by atoms with Crippen LogP contribution >= 0.6 is 11.3 Å². The Kier molecular flexibility index (Phi) is 4.04. The van der Waals surface area contributed by atoms with Crippen LogP contribution in [-0.2, 0) is 0 Å². The second kappa shape index (κ2) is 5.52. The fraction of sp³-hybridized carbons (Fsp3) is 0.636. The van der Waals surface area contributed by atoms with Gasteiger partial charge in [-0.1, -0.05) is 0 Å². The number of nitrogens with zero attached hydrogens (tertiary/aromatic N) is 1. The zero-order valence-corrected chi connectivity index (χ0v) is 10.0. The van der Waals surface area contributed by atoms with Crippen LogP contribution in [0.1, 0.15) is 29.1 Å². The number of thiazole rings is 1. The normalized spacial score (nSPS) is 19.6. The number of ketones is 1. The molecule has 1 aromatic rings. The fourth-order valence-electron chi connectivity index (χ4n) is 2.09. The molecule has 0 bridgehead atoms. The molecule has 1 aliphatic rings. The molecular weight excluding hydrogens is 222 g/mol. The summed E-state index contributed by atoms with van der Waals surface area (Å²) < 4.78 is 0. The minimum absolute atomic E-state index is 0.00599. The summed E-state index contributed by atoms with van der Waals surface area (Å²) in [5, 5.41) is 5.66. The lowest BCUT2D eigenvalue weighted by molar-refractivity contribution is 0.0944. The maximum atomic E-state index is 11.9. The van der Waals surface area contributed by atoms with E-state index in [0.29, 0.717) is 10.9 Å². The van der Waals surface area contributed by atoms with Gasteiger partial charge in [-0.3, -0.25) is 4.79 Å². The molecule has 2 rings (SSSR count). The molecule has 16 heavy (non-hydrogen) atoms. The number of aromatic nitrogens is 1. The molecule has 1 unspecified atom stereocenters. The van der Waals surface area contributed by atoms with Gasteiger partial charge in [0.2, 0.25) is 5.78 Å². The van der Waals surface area contributed by atoms with Crippen LogP contribution in [0.5, 0.6) is 0 Å². The Labute approximate surface area is 99.3 Å². The average Bonchev–Trinajstić information content (AvgIpc) is 2.83. The van der Waals surface area contributed by atoms with Crippen molar-refractivity contribution >= 4 is 17.1 Å². The van der Waals surface area contributed by atoms with Gasteiger partial charge < -0.3 is 11.1 Å². The molecule has 1 aliphatic heterocycles. The Morgan fingerprint density at radius 1 is 1.62 bits per heavy atom. The van der Waals surface area contributed by atoms with Gasteiger partial charge in [0.15, 0.2) is 5.01 Å². The van der Waals surface area contributed by atoms with Crippen LogP contribution in [0.4, 0.5) is 0 Å². The Balaban J connectivity index is 1.87. The third-order valence-corrected chi connectivity index (χ3v) is 3.81. The smallest absolute Gasteiger partial charge is 0.207 e. The van der Waals surface area contributed by atoms with Crippen molar-refractivity contribution in [3.05, 3.63) is 16.6 Å². The number of hydrogen-bond donors (Lipinski definition) is 2. The lowest BCUT2D eigenvalue weighted by Gasteiger charge is -2.24. The molecule has 3 N–H and O–H groups in total. The summed E-state index contributed by atoms with van der Waals surface area (Å²) in [6.45, 7) is 2.09. The Hall–Kier alpha value is -0.780. The van der Waals surface area contributed by atoms with Crippen molar-refractivity contribution < 1.29 is 4.79 Å². The highest BCUT2D eigenvalue weighted by atomic mass is 32.1. The predicted octanol–water partition coefficient (Wildman–Crippen LogP) is 1.04. The van der Waals surface area contributed by atoms with Crippen LogP contribution < -0.4 is 11.1 Å². The molecule has 1 atom stereocenters. The number of carbonyl (C=O) groups is 1. The number of hydrogen-bond acceptors (Lipinski definition) is 5. The zero-order chi connectivity index (χ0) is 11.4. The molecule has 4 nitrogen and oxygen atoms in total. The van der Waals surface area contributed by atoms with Gasteiger partial charge in [-0.15, -0.1) is 11.3 Å². The van der Waals surface area contributed by atoms with Crippen LogP contribution in [0.25, 0.3) is 0 Å². The maximum Gasteiger partial charge on any atom is 0.207 e. The van der Waals surface area contributed by atoms with E-state index in [2.05, 4.69) is 10.3 Å². The van der Waals surface area contributed by atoms with Crippen molar-refractivity contribution in [3.8, 4) is 0 Å². The topological polar surface area (TPSA) is 68.0 Å². The van der Waals surface area contributed by atoms with Gasteiger partial charge in [0.05, 0.1) is 6.04 Å². The maximum absolute atomic E-state index is 11.9. The van der Waals surface area contributed by atoms with E-state index in [9.17, 15) is 4.79 Å². The van der Waals surface area contributed by atoms with Crippen LogP contribution in [0, 0.1) is 5.92 Å². The van der Waals surface area contributed by atoms with Crippen molar-refractivity contribution in [2.45, 2.75) is 25.3 Å². The molecule has 1 fully saturated rings. The minimum atomic E-state index is -0.380. The number of carbonyl (C=O) groups excluding carboxylic acids is 1. The lowest BCUT2D eigenvalue weighted by atomic mass is 9.90. The van der Waals surface area contributed by atoms with E-state index in [0.717, 1.165) is 32.4 Å². The average molecular weight is 239 g/mol. The van der Waals surface area contributed by atoms with Gasteiger partial charge in [0, 0.05) is 11.6 Å². The molecular formula is C11H17N3OS. The number of piperidine rings is 1. The van der Waals surface area contributed by atoms with Crippen LogP contribution in [0.3, 0.4) is 0 Å². The van der Waals surface area contributed by atoms with Gasteiger partial charge >= 0.3 is 0 Å². The molecule has 0 aliphatic carbocycles. The molecule has 0 amide bonds. The summed E-state index contributed by atoms with van der Waals surface area (Å²) in [4.78, 5) is 15.9. The minimum Gasteiger partial charge on any atom is -0.321 e. The highest BCUT2D eigenvalue weighted by Crippen LogP contribution is 2.19. The second-order valence-corrected chi connectivity index (χ2v) is 5.13. The summed E-state index contributed by atoms with van der Waals surface area (Å²) in [7, 11) is 0. The molecule has 0 spiro atoms. The monoisotopic (exact) mass is 239 g/mol. The van der Waals surface area contributed by atoms with Crippen LogP contribution in [0.15, 0.2) is 11.6 Å². The number of nitrogens with one attached hydrogen (secondary N) is 1. The highest BCUT2D eigenvalue weighted by molar-refractivity contribution is 7.11. The third kappa shape index (κ3) is 2.87. The Morgan fingerprint density at radius 3 is 3.00 bits per heavy atom. The Morgan fingerprint density at radius 2 is 2.38 bits per heavy atom. The second-order valence-electron chi connectivity index (χ2n) is 4.24. The van der Waals surface area contributed by atoms with Crippen LogP contribution in [0.2, 0.25) is 0 Å². The Bertz CT molecular complexity index is 333. The fourth-order valence-corrected chi connectivity index (χ4v) is 2.73. The van der Waals surface area contributed by atoms with E-state index >= 15 is 0 Å². The van der Waals surface area contributed by atoms with Crippen molar-refractivity contribution in [2.75, 3.05) is 13.1 Å². The summed E-state index contributed by atoms with van der Waals surface area (Å²) in [5.74, 6) is 0.577. The largest absolute Gasteiger partial charge is 0.321 e. The summed E-state index contributed by atoms with van der Waals surface area (Å²) in [5.41, 5.74) is 5.94. The molecule has 88 valence electrons. The van der Waals surface area contributed by atoms with Gasteiger partial charge in [0.1, 0.15) is 0 Å². The molecule has 5 heteroatoms. The third-order valence-electron chi connectivity index (χ3n) is 3.03. The van der Waals surface area contributed by atoms with E-state index in [4.69, 9.17) is 5.73 Å². The standard InChI is InChI=1S/C11H17N3OS/c12-9(7-8-1-3-13-4-2-8)10(15)11-14-5-6-16-11/h5-6,8-9,13H,1-4,7,12H2. The van der Waals surface area contributed by atoms with E-state index in [1.165, 1.54) is 11.3 Å². The molecule has 2 heterocycles. The van der Waals surface area contributed by atoms with E-state index in [1.54, 1.807) is 6.20 Å². The quantitative estimate of drug-likeness (QED) is 0.770. The van der Waals surface area contributed by atoms with Crippen LogP contribution in [-0.4, -0.2) is 29.9 Å². The van der Waals surface area contributed by atoms with Crippen molar-refractivity contribution in [3.63, 3.8) is 0 Å². The molecule has 1 saturated heterocycles. The first-order valence-corrected chi connectivity index (χ1v) is 6.55. The van der Waals surface area contributed by atoms with Crippen molar-refractivity contribution in [1.82, 2.24) is 10.3 Å². The summed E-state index contributed by atoms with van der Waals surface area (Å²) in [6, 6.07) is -0.380. The first-order chi connectivity index (χ1) is 7.77. The van der Waals surface area contributed by atoms with E-state index < -0.39 is 0 Å². The van der Waals surface area contributed by atoms with Gasteiger partial charge in [-0.25, -0.2) is 4.98 Å². The summed E-state index contributed by atoms with van der Waals surface area (Å²) >= 11 is 1.37.